The van der Waals surface area contributed by atoms with Gasteiger partial charge in [0.1, 0.15) is 0 Å². The van der Waals surface area contributed by atoms with Crippen LogP contribution >= 0.6 is 11.6 Å². The number of nitrogens with zero attached hydrogens (tertiary/aromatic N) is 2. The van der Waals surface area contributed by atoms with E-state index in [1.165, 1.54) is 22.9 Å². The van der Waals surface area contributed by atoms with Crippen LogP contribution in [0.1, 0.15) is 10.5 Å². The number of carbonyl (C=O) groups is 2. The van der Waals surface area contributed by atoms with Crippen molar-refractivity contribution in [2.45, 2.75) is 4.90 Å². The molecule has 178 valence electrons. The molecule has 1 N–H and O–H groups in total. The van der Waals surface area contributed by atoms with Crippen LogP contribution in [0, 0.1) is 0 Å². The summed E-state index contributed by atoms with van der Waals surface area (Å²) >= 11 is 6.07. The van der Waals surface area contributed by atoms with Gasteiger partial charge < -0.3 is 10.1 Å². The van der Waals surface area contributed by atoms with Gasteiger partial charge in [-0.2, -0.15) is 5.10 Å². The van der Waals surface area contributed by atoms with E-state index in [2.05, 4.69) is 10.4 Å². The van der Waals surface area contributed by atoms with Crippen LogP contribution in [-0.4, -0.2) is 42.9 Å². The first-order chi connectivity index (χ1) is 16.7. The van der Waals surface area contributed by atoms with E-state index in [1.54, 1.807) is 18.2 Å². The summed E-state index contributed by atoms with van der Waals surface area (Å²) in [7, 11) is -3.50. The summed E-state index contributed by atoms with van der Waals surface area (Å²) in [5.41, 5.74) is 2.26. The molecule has 0 spiro atoms. The number of carbonyl (C=O) groups excluding carboxylic acids is 2. The van der Waals surface area contributed by atoms with Gasteiger partial charge in [-0.25, -0.2) is 17.9 Å². The third-order valence-electron chi connectivity index (χ3n) is 4.96. The van der Waals surface area contributed by atoms with Gasteiger partial charge in [0.15, 0.2) is 22.1 Å². The van der Waals surface area contributed by atoms with Crippen LogP contribution in [0.4, 0.5) is 5.69 Å². The Morgan fingerprint density at radius 1 is 0.971 bits per heavy atom. The van der Waals surface area contributed by atoms with Crippen molar-refractivity contribution in [3.63, 3.8) is 0 Å². The highest BCUT2D eigenvalue weighted by Gasteiger charge is 2.20. The van der Waals surface area contributed by atoms with Gasteiger partial charge in [0.2, 0.25) is 0 Å². The number of rotatable bonds is 7. The van der Waals surface area contributed by atoms with Crippen LogP contribution < -0.4 is 5.32 Å². The number of hydrogen-bond acceptors (Lipinski definition) is 6. The summed E-state index contributed by atoms with van der Waals surface area (Å²) in [6, 6.07) is 23.9. The van der Waals surface area contributed by atoms with Gasteiger partial charge in [-0.1, -0.05) is 60.1 Å². The first kappa shape index (κ1) is 24.2. The standard InChI is InChI=1S/C25H20ClN3O5S/c1-35(32,33)19-12-13-20(26)22(14-19)27-24(30)16-34-25(31)23-15-21(17-8-4-2-5-9-17)28-29(23)18-10-6-3-7-11-18/h2-15H,16H2,1H3,(H,27,30). The molecule has 0 bridgehead atoms. The number of halogens is 1. The molecule has 0 radical (unpaired) electrons. The lowest BCUT2D eigenvalue weighted by Crippen LogP contribution is -2.22. The van der Waals surface area contributed by atoms with Crippen molar-refractivity contribution in [1.29, 1.82) is 0 Å². The molecule has 3 aromatic carbocycles. The van der Waals surface area contributed by atoms with E-state index in [0.717, 1.165) is 11.8 Å². The number of anilines is 1. The van der Waals surface area contributed by atoms with Crippen molar-refractivity contribution >= 4 is 39.0 Å². The summed E-state index contributed by atoms with van der Waals surface area (Å²) in [6.07, 6.45) is 1.04. The number of ether oxygens (including phenoxy) is 1. The van der Waals surface area contributed by atoms with Gasteiger partial charge in [-0.15, -0.1) is 0 Å². The topological polar surface area (TPSA) is 107 Å². The van der Waals surface area contributed by atoms with E-state index in [0.29, 0.717) is 11.4 Å². The van der Waals surface area contributed by atoms with Crippen molar-refractivity contribution in [2.75, 3.05) is 18.2 Å². The van der Waals surface area contributed by atoms with E-state index in [9.17, 15) is 18.0 Å². The summed E-state index contributed by atoms with van der Waals surface area (Å²) in [5.74, 6) is -1.44. The van der Waals surface area contributed by atoms with Crippen LogP contribution in [0.25, 0.3) is 16.9 Å². The van der Waals surface area contributed by atoms with Gasteiger partial charge in [-0.3, -0.25) is 4.79 Å². The minimum absolute atomic E-state index is 0.00519. The molecule has 0 fully saturated rings. The Hall–Kier alpha value is -3.95. The molecule has 0 aliphatic rings. The number of benzene rings is 3. The first-order valence-electron chi connectivity index (χ1n) is 10.4. The molecule has 0 saturated heterocycles. The van der Waals surface area contributed by atoms with Crippen molar-refractivity contribution < 1.29 is 22.7 Å². The Morgan fingerprint density at radius 3 is 2.29 bits per heavy atom. The molecule has 4 rings (SSSR count). The highest BCUT2D eigenvalue weighted by molar-refractivity contribution is 7.90. The molecule has 1 aromatic heterocycles. The quantitative estimate of drug-likeness (QED) is 0.370. The van der Waals surface area contributed by atoms with E-state index in [4.69, 9.17) is 16.3 Å². The van der Waals surface area contributed by atoms with Crippen LogP contribution in [-0.2, 0) is 19.4 Å². The highest BCUT2D eigenvalue weighted by atomic mass is 35.5. The fraction of sp³-hybridized carbons (Fsp3) is 0.0800. The van der Waals surface area contributed by atoms with Crippen molar-refractivity contribution in [3.8, 4) is 16.9 Å². The molecule has 0 unspecified atom stereocenters. The molecule has 35 heavy (non-hydrogen) atoms. The zero-order valence-corrected chi connectivity index (χ0v) is 20.1. The number of aromatic nitrogens is 2. The van der Waals surface area contributed by atoms with Crippen molar-refractivity contribution in [2.24, 2.45) is 0 Å². The zero-order valence-electron chi connectivity index (χ0n) is 18.5. The molecule has 0 aliphatic heterocycles. The third-order valence-corrected chi connectivity index (χ3v) is 6.40. The maximum Gasteiger partial charge on any atom is 0.357 e. The zero-order chi connectivity index (χ0) is 25.0. The second-order valence-corrected chi connectivity index (χ2v) is 9.99. The summed E-state index contributed by atoms with van der Waals surface area (Å²) in [5, 5.41) is 7.17. The molecular weight excluding hydrogens is 490 g/mol. The van der Waals surface area contributed by atoms with Gasteiger partial charge in [0.25, 0.3) is 5.91 Å². The molecule has 0 atom stereocenters. The molecule has 0 saturated carbocycles. The number of nitrogens with one attached hydrogen (secondary N) is 1. The predicted octanol–water partition coefficient (Wildman–Crippen LogP) is 4.39. The van der Waals surface area contributed by atoms with E-state index < -0.39 is 28.3 Å². The van der Waals surface area contributed by atoms with Crippen LogP contribution in [0.15, 0.2) is 89.8 Å². The molecule has 8 nitrogen and oxygen atoms in total. The monoisotopic (exact) mass is 509 g/mol. The van der Waals surface area contributed by atoms with Crippen LogP contribution in [0.2, 0.25) is 5.02 Å². The first-order valence-corrected chi connectivity index (χ1v) is 12.7. The number of para-hydroxylation sites is 1. The second-order valence-electron chi connectivity index (χ2n) is 7.57. The number of hydrogen-bond donors (Lipinski definition) is 1. The largest absolute Gasteiger partial charge is 0.451 e. The third kappa shape index (κ3) is 5.76. The van der Waals surface area contributed by atoms with Crippen molar-refractivity contribution in [3.05, 3.63) is 95.6 Å². The fourth-order valence-corrected chi connectivity index (χ4v) is 4.08. The minimum Gasteiger partial charge on any atom is -0.451 e. The Balaban J connectivity index is 1.53. The van der Waals surface area contributed by atoms with Gasteiger partial charge in [0, 0.05) is 11.8 Å². The Labute approximate surface area is 207 Å². The molecule has 4 aromatic rings. The van der Waals surface area contributed by atoms with Gasteiger partial charge >= 0.3 is 5.97 Å². The lowest BCUT2D eigenvalue weighted by molar-refractivity contribution is -0.119. The maximum atomic E-state index is 12.9. The second kappa shape index (κ2) is 10.1. The summed E-state index contributed by atoms with van der Waals surface area (Å²) in [6.45, 7) is -0.612. The Bertz CT molecular complexity index is 1490. The smallest absolute Gasteiger partial charge is 0.357 e. The summed E-state index contributed by atoms with van der Waals surface area (Å²) < 4.78 is 30.2. The van der Waals surface area contributed by atoms with Crippen LogP contribution in [0.5, 0.6) is 0 Å². The maximum absolute atomic E-state index is 12.9. The molecular formula is C25H20ClN3O5S. The lowest BCUT2D eigenvalue weighted by atomic mass is 10.1. The average Bonchev–Trinajstić information content (AvgIpc) is 3.30. The van der Waals surface area contributed by atoms with Gasteiger partial charge in [-0.05, 0) is 36.4 Å². The predicted molar refractivity (Wildman–Crippen MR) is 132 cm³/mol. The Kier molecular flexibility index (Phi) is 6.99. The number of amides is 1. The molecule has 1 amide bonds. The van der Waals surface area contributed by atoms with Crippen molar-refractivity contribution in [1.82, 2.24) is 9.78 Å². The summed E-state index contributed by atoms with van der Waals surface area (Å²) in [4.78, 5) is 25.3. The molecule has 0 aliphatic carbocycles. The van der Waals surface area contributed by atoms with E-state index in [1.807, 2.05) is 48.5 Å². The molecule has 1 heterocycles. The number of sulfone groups is 1. The highest BCUT2D eigenvalue weighted by Crippen LogP contribution is 2.26. The molecule has 10 heteroatoms. The van der Waals surface area contributed by atoms with E-state index in [-0.39, 0.29) is 21.3 Å². The Morgan fingerprint density at radius 2 is 1.63 bits per heavy atom. The lowest BCUT2D eigenvalue weighted by Gasteiger charge is -2.10. The van der Waals surface area contributed by atoms with Gasteiger partial charge in [0.05, 0.1) is 27.0 Å². The van der Waals surface area contributed by atoms with Crippen LogP contribution in [0.3, 0.4) is 0 Å². The minimum atomic E-state index is -3.50. The SMILES string of the molecule is CS(=O)(=O)c1ccc(Cl)c(NC(=O)COC(=O)c2cc(-c3ccccc3)nn2-c2ccccc2)c1. The fourth-order valence-electron chi connectivity index (χ4n) is 3.26. The number of esters is 1. The average molecular weight is 510 g/mol. The normalized spacial score (nSPS) is 11.1. The van der Waals surface area contributed by atoms with E-state index >= 15 is 0 Å².